The van der Waals surface area contributed by atoms with Crippen molar-refractivity contribution in [3.05, 3.63) is 20.8 Å². The SMILES string of the molecule is CC(O)CCCCn1c(=O)c2c(n(C)c1=O)N(C)C1CNCCN21. The first-order chi connectivity index (χ1) is 11.4. The average molecular weight is 337 g/mol. The summed E-state index contributed by atoms with van der Waals surface area (Å²) in [5.74, 6) is 0.707. The van der Waals surface area contributed by atoms with Crippen LogP contribution in [0, 0.1) is 0 Å². The van der Waals surface area contributed by atoms with Crippen LogP contribution in [-0.2, 0) is 13.6 Å². The van der Waals surface area contributed by atoms with Gasteiger partial charge in [-0.15, -0.1) is 0 Å². The lowest BCUT2D eigenvalue weighted by molar-refractivity contribution is 0.180. The minimum atomic E-state index is -0.347. The highest BCUT2D eigenvalue weighted by Gasteiger charge is 2.40. The number of fused-ring (bicyclic) bond motifs is 3. The Hall–Kier alpha value is -1.80. The molecule has 0 radical (unpaired) electrons. The summed E-state index contributed by atoms with van der Waals surface area (Å²) in [6, 6.07) is 0. The summed E-state index contributed by atoms with van der Waals surface area (Å²) >= 11 is 0. The van der Waals surface area contributed by atoms with Crippen LogP contribution in [0.15, 0.2) is 9.59 Å². The van der Waals surface area contributed by atoms with Gasteiger partial charge in [0.1, 0.15) is 17.7 Å². The molecule has 1 fully saturated rings. The van der Waals surface area contributed by atoms with E-state index in [0.717, 1.165) is 26.1 Å². The number of piperazine rings is 1. The molecule has 1 aromatic rings. The molecule has 2 unspecified atom stereocenters. The molecule has 0 aliphatic carbocycles. The van der Waals surface area contributed by atoms with E-state index in [2.05, 4.69) is 10.2 Å². The van der Waals surface area contributed by atoms with E-state index in [1.807, 2.05) is 11.9 Å². The minimum absolute atomic E-state index is 0.0816. The second kappa shape index (κ2) is 6.60. The van der Waals surface area contributed by atoms with Gasteiger partial charge < -0.3 is 20.2 Å². The predicted molar refractivity (Wildman–Crippen MR) is 93.9 cm³/mol. The highest BCUT2D eigenvalue weighted by Crippen LogP contribution is 2.34. The summed E-state index contributed by atoms with van der Waals surface area (Å²) in [7, 11) is 3.66. The third-order valence-electron chi connectivity index (χ3n) is 5.03. The summed E-state index contributed by atoms with van der Waals surface area (Å²) in [5.41, 5.74) is 0.179. The van der Waals surface area contributed by atoms with Crippen molar-refractivity contribution in [1.29, 1.82) is 0 Å². The molecule has 0 bridgehead atoms. The number of unbranched alkanes of at least 4 members (excludes halogenated alkanes) is 1. The van der Waals surface area contributed by atoms with Gasteiger partial charge in [0.15, 0.2) is 0 Å². The van der Waals surface area contributed by atoms with Gasteiger partial charge in [0.2, 0.25) is 0 Å². The van der Waals surface area contributed by atoms with Gasteiger partial charge in [-0.25, -0.2) is 4.79 Å². The zero-order valence-corrected chi connectivity index (χ0v) is 14.7. The van der Waals surface area contributed by atoms with E-state index in [-0.39, 0.29) is 23.5 Å². The number of anilines is 2. The molecule has 2 aliphatic heterocycles. The lowest BCUT2D eigenvalue weighted by Crippen LogP contribution is -2.55. The average Bonchev–Trinajstić information content (AvgIpc) is 2.85. The van der Waals surface area contributed by atoms with Crippen LogP contribution in [-0.4, -0.2) is 53.2 Å². The van der Waals surface area contributed by atoms with E-state index in [1.54, 1.807) is 18.5 Å². The predicted octanol–water partition coefficient (Wildman–Crippen LogP) is -0.716. The first-order valence-corrected chi connectivity index (χ1v) is 8.65. The number of nitrogens with zero attached hydrogens (tertiary/aromatic N) is 4. The summed E-state index contributed by atoms with van der Waals surface area (Å²) < 4.78 is 2.93. The summed E-state index contributed by atoms with van der Waals surface area (Å²) in [4.78, 5) is 29.7. The molecule has 0 amide bonds. The molecular formula is C16H27N5O3. The van der Waals surface area contributed by atoms with Gasteiger partial charge in [0.05, 0.1) is 6.10 Å². The Morgan fingerprint density at radius 3 is 2.75 bits per heavy atom. The van der Waals surface area contributed by atoms with Gasteiger partial charge in [-0.3, -0.25) is 13.9 Å². The molecule has 134 valence electrons. The number of aromatic nitrogens is 2. The van der Waals surface area contributed by atoms with Crippen molar-refractivity contribution in [3.63, 3.8) is 0 Å². The molecule has 2 atom stereocenters. The quantitative estimate of drug-likeness (QED) is 0.691. The van der Waals surface area contributed by atoms with E-state index in [9.17, 15) is 14.7 Å². The van der Waals surface area contributed by atoms with Gasteiger partial charge in [0, 0.05) is 40.3 Å². The molecule has 8 nitrogen and oxygen atoms in total. The number of hydrogen-bond donors (Lipinski definition) is 2. The lowest BCUT2D eigenvalue weighted by Gasteiger charge is -2.34. The largest absolute Gasteiger partial charge is 0.393 e. The first-order valence-electron chi connectivity index (χ1n) is 8.65. The Morgan fingerprint density at radius 1 is 1.29 bits per heavy atom. The van der Waals surface area contributed by atoms with Crippen molar-refractivity contribution < 1.29 is 5.11 Å². The van der Waals surface area contributed by atoms with Crippen LogP contribution in [0.4, 0.5) is 11.5 Å². The summed E-state index contributed by atoms with van der Waals surface area (Å²) in [5, 5.41) is 12.7. The van der Waals surface area contributed by atoms with Gasteiger partial charge in [0.25, 0.3) is 5.56 Å². The Morgan fingerprint density at radius 2 is 2.04 bits per heavy atom. The molecule has 0 aromatic carbocycles. The Balaban J connectivity index is 1.95. The monoisotopic (exact) mass is 337 g/mol. The molecule has 1 saturated heterocycles. The highest BCUT2D eigenvalue weighted by atomic mass is 16.3. The Labute approximate surface area is 141 Å². The number of nitrogens with one attached hydrogen (secondary N) is 1. The van der Waals surface area contributed by atoms with E-state index >= 15 is 0 Å². The smallest absolute Gasteiger partial charge is 0.332 e. The topological polar surface area (TPSA) is 82.7 Å². The number of hydrogen-bond acceptors (Lipinski definition) is 6. The standard InChI is InChI=1S/C16H27N5O3/c1-11(22)6-4-5-8-21-15(23)13-14(19(3)16(21)24)18(2)12-10-17-7-9-20(12)13/h11-12,17,22H,4-10H2,1-3H3. The van der Waals surface area contributed by atoms with Crippen molar-refractivity contribution in [3.8, 4) is 0 Å². The van der Waals surface area contributed by atoms with Crippen LogP contribution in [0.5, 0.6) is 0 Å². The summed E-state index contributed by atoms with van der Waals surface area (Å²) in [6.07, 6.45) is 1.92. The van der Waals surface area contributed by atoms with Gasteiger partial charge >= 0.3 is 5.69 Å². The van der Waals surface area contributed by atoms with E-state index in [0.29, 0.717) is 30.9 Å². The second-order valence-corrected chi connectivity index (χ2v) is 6.80. The maximum Gasteiger partial charge on any atom is 0.332 e. The zero-order chi connectivity index (χ0) is 17.4. The van der Waals surface area contributed by atoms with E-state index < -0.39 is 0 Å². The molecule has 0 spiro atoms. The van der Waals surface area contributed by atoms with Crippen LogP contribution in [0.1, 0.15) is 26.2 Å². The molecule has 8 heteroatoms. The third kappa shape index (κ3) is 2.73. The third-order valence-corrected chi connectivity index (χ3v) is 5.03. The number of likely N-dealkylation sites (N-methyl/N-ethyl adjacent to an activating group) is 1. The normalized spacial score (nSPS) is 20.9. The van der Waals surface area contributed by atoms with E-state index in [4.69, 9.17) is 0 Å². The first kappa shape index (κ1) is 17.0. The molecular weight excluding hydrogens is 310 g/mol. The molecule has 3 heterocycles. The van der Waals surface area contributed by atoms with Crippen LogP contribution in [0.3, 0.4) is 0 Å². The van der Waals surface area contributed by atoms with Gasteiger partial charge in [-0.2, -0.15) is 0 Å². The molecule has 3 rings (SSSR count). The van der Waals surface area contributed by atoms with Crippen molar-refractivity contribution in [1.82, 2.24) is 14.5 Å². The fourth-order valence-electron chi connectivity index (χ4n) is 3.74. The number of rotatable bonds is 5. The molecule has 0 saturated carbocycles. The van der Waals surface area contributed by atoms with Gasteiger partial charge in [-0.05, 0) is 26.2 Å². The Bertz CT molecular complexity index is 724. The minimum Gasteiger partial charge on any atom is -0.393 e. The van der Waals surface area contributed by atoms with Crippen LogP contribution in [0.2, 0.25) is 0 Å². The van der Waals surface area contributed by atoms with Crippen LogP contribution >= 0.6 is 0 Å². The van der Waals surface area contributed by atoms with Crippen molar-refractivity contribution in [2.24, 2.45) is 7.05 Å². The lowest BCUT2D eigenvalue weighted by atomic mass is 10.2. The van der Waals surface area contributed by atoms with Gasteiger partial charge in [-0.1, -0.05) is 0 Å². The molecule has 2 aliphatic rings. The van der Waals surface area contributed by atoms with Crippen molar-refractivity contribution in [2.75, 3.05) is 36.5 Å². The molecule has 2 N–H and O–H groups in total. The summed E-state index contributed by atoms with van der Waals surface area (Å²) in [6.45, 7) is 4.51. The fourth-order valence-corrected chi connectivity index (χ4v) is 3.74. The van der Waals surface area contributed by atoms with Crippen LogP contribution in [0.25, 0.3) is 0 Å². The molecule has 1 aromatic heterocycles. The maximum absolute atomic E-state index is 13.0. The van der Waals surface area contributed by atoms with Crippen molar-refractivity contribution in [2.45, 2.75) is 45.0 Å². The van der Waals surface area contributed by atoms with E-state index in [1.165, 1.54) is 4.57 Å². The fraction of sp³-hybridized carbons (Fsp3) is 0.750. The van der Waals surface area contributed by atoms with Crippen LogP contribution < -0.4 is 26.4 Å². The number of aliphatic hydroxyl groups is 1. The highest BCUT2D eigenvalue weighted by molar-refractivity contribution is 5.73. The zero-order valence-electron chi connectivity index (χ0n) is 14.7. The van der Waals surface area contributed by atoms with Crippen molar-refractivity contribution >= 4 is 11.5 Å². The molecule has 24 heavy (non-hydrogen) atoms. The number of aliphatic hydroxyl groups excluding tert-OH is 1. The second-order valence-electron chi connectivity index (χ2n) is 6.80. The maximum atomic E-state index is 13.0. The Kier molecular flexibility index (Phi) is 4.69.